The molecule has 28 heavy (non-hydrogen) atoms. The van der Waals surface area contributed by atoms with Crippen molar-refractivity contribution in [3.63, 3.8) is 0 Å². The molecule has 0 unspecified atom stereocenters. The van der Waals surface area contributed by atoms with E-state index in [0.29, 0.717) is 42.6 Å². The summed E-state index contributed by atoms with van der Waals surface area (Å²) in [6, 6.07) is 12.8. The van der Waals surface area contributed by atoms with Gasteiger partial charge in [-0.1, -0.05) is 11.6 Å². The lowest BCUT2D eigenvalue weighted by atomic mass is 9.92. The van der Waals surface area contributed by atoms with E-state index in [0.717, 1.165) is 0 Å². The Morgan fingerprint density at radius 3 is 2.14 bits per heavy atom. The minimum Gasteiger partial charge on any atom is -0.465 e. The van der Waals surface area contributed by atoms with E-state index < -0.39 is 21.5 Å². The largest absolute Gasteiger partial charge is 0.465 e. The average Bonchev–Trinajstić information content (AvgIpc) is 2.63. The van der Waals surface area contributed by atoms with E-state index in [1.54, 1.807) is 36.4 Å². The highest BCUT2D eigenvalue weighted by atomic mass is 35.5. The Kier molecular flexibility index (Phi) is 6.12. The predicted molar refractivity (Wildman–Crippen MR) is 104 cm³/mol. The summed E-state index contributed by atoms with van der Waals surface area (Å²) in [5, 5.41) is 12.1. The van der Waals surface area contributed by atoms with Crippen molar-refractivity contribution in [2.24, 2.45) is 0 Å². The lowest BCUT2D eigenvalue weighted by Gasteiger charge is -2.36. The number of hydrogen-bond donors (Lipinski definition) is 2. The van der Waals surface area contributed by atoms with Crippen LogP contribution in [0.2, 0.25) is 5.02 Å². The first-order valence-electron chi connectivity index (χ1n) is 8.63. The van der Waals surface area contributed by atoms with Crippen LogP contribution in [0.1, 0.15) is 12.8 Å². The van der Waals surface area contributed by atoms with Gasteiger partial charge in [0.2, 0.25) is 0 Å². The molecular weight excluding hydrogens is 406 g/mol. The zero-order valence-corrected chi connectivity index (χ0v) is 16.5. The van der Waals surface area contributed by atoms with Crippen molar-refractivity contribution in [2.75, 3.05) is 19.0 Å². The quantitative estimate of drug-likeness (QED) is 0.731. The maximum Gasteiger partial charge on any atom is 0.405 e. The summed E-state index contributed by atoms with van der Waals surface area (Å²) >= 11 is 5.84. The number of ether oxygens (including phenoxy) is 2. The van der Waals surface area contributed by atoms with Crippen LogP contribution in [0, 0.1) is 0 Å². The van der Waals surface area contributed by atoms with Gasteiger partial charge in [-0.3, -0.25) is 0 Å². The Morgan fingerprint density at radius 2 is 1.61 bits per heavy atom. The van der Waals surface area contributed by atoms with Crippen LogP contribution in [0.5, 0.6) is 11.5 Å². The van der Waals surface area contributed by atoms with E-state index in [2.05, 4.69) is 5.32 Å². The van der Waals surface area contributed by atoms with Crippen LogP contribution in [-0.4, -0.2) is 44.1 Å². The third kappa shape index (κ3) is 5.15. The Bertz CT molecular complexity index is 922. The topological polar surface area (TPSA) is 102 Å². The average molecular weight is 426 g/mol. The number of hydrogen-bond acceptors (Lipinski definition) is 5. The van der Waals surface area contributed by atoms with E-state index in [-0.39, 0.29) is 10.6 Å². The van der Waals surface area contributed by atoms with Crippen molar-refractivity contribution in [3.05, 3.63) is 53.6 Å². The number of carboxylic acid groups (broad SMARTS) is 1. The third-order valence-electron chi connectivity index (χ3n) is 4.52. The van der Waals surface area contributed by atoms with Gasteiger partial charge in [-0.15, -0.1) is 0 Å². The first-order valence-corrected chi connectivity index (χ1v) is 10.7. The molecule has 0 bridgehead atoms. The second kappa shape index (κ2) is 8.38. The highest BCUT2D eigenvalue weighted by molar-refractivity contribution is 7.91. The fraction of sp³-hybridized carbons (Fsp3) is 0.316. The Hall–Kier alpha value is -2.29. The summed E-state index contributed by atoms with van der Waals surface area (Å²) in [5.74, 6) is 0.727. The van der Waals surface area contributed by atoms with Gasteiger partial charge in [0, 0.05) is 18.2 Å². The monoisotopic (exact) mass is 425 g/mol. The van der Waals surface area contributed by atoms with E-state index in [1.165, 1.54) is 12.1 Å². The van der Waals surface area contributed by atoms with Gasteiger partial charge in [-0.05, 0) is 61.4 Å². The lowest BCUT2D eigenvalue weighted by molar-refractivity contribution is 0.0469. The van der Waals surface area contributed by atoms with Crippen molar-refractivity contribution < 1.29 is 27.8 Å². The number of benzene rings is 2. The fourth-order valence-corrected chi connectivity index (χ4v) is 5.03. The van der Waals surface area contributed by atoms with Crippen molar-refractivity contribution in [1.82, 2.24) is 5.32 Å². The van der Waals surface area contributed by atoms with Gasteiger partial charge in [-0.2, -0.15) is 0 Å². The Morgan fingerprint density at radius 1 is 1.07 bits per heavy atom. The molecule has 1 aliphatic rings. The number of amides is 1. The number of nitrogens with one attached hydrogen (secondary N) is 1. The zero-order valence-electron chi connectivity index (χ0n) is 14.9. The van der Waals surface area contributed by atoms with Crippen LogP contribution in [0.3, 0.4) is 0 Å². The number of carbonyl (C=O) groups is 1. The van der Waals surface area contributed by atoms with Crippen molar-refractivity contribution in [2.45, 2.75) is 23.3 Å². The van der Waals surface area contributed by atoms with Crippen molar-refractivity contribution in [1.29, 1.82) is 0 Å². The molecule has 7 nitrogen and oxygen atoms in total. The van der Waals surface area contributed by atoms with Crippen LogP contribution < -0.4 is 10.1 Å². The molecule has 150 valence electrons. The molecule has 1 saturated heterocycles. The van der Waals surface area contributed by atoms with Crippen molar-refractivity contribution >= 4 is 27.5 Å². The number of halogens is 1. The highest BCUT2D eigenvalue weighted by Crippen LogP contribution is 2.28. The SMILES string of the molecule is O=C(O)NC1(CS(=O)(=O)c2ccc(Oc3ccc(Cl)cc3)cc2)CCOCC1. The standard InChI is InChI=1S/C19H20ClNO6S/c20-14-1-3-15(4-2-14)27-16-5-7-17(8-6-16)28(24,25)13-19(21-18(22)23)9-11-26-12-10-19/h1-8,21H,9-13H2,(H,22,23). The van der Waals surface area contributed by atoms with Crippen LogP contribution in [0.25, 0.3) is 0 Å². The minimum absolute atomic E-state index is 0.106. The molecular formula is C19H20ClNO6S. The second-order valence-electron chi connectivity index (χ2n) is 6.61. The minimum atomic E-state index is -3.71. The van der Waals surface area contributed by atoms with Gasteiger partial charge in [0.25, 0.3) is 0 Å². The number of rotatable bonds is 6. The predicted octanol–water partition coefficient (Wildman–Crippen LogP) is 3.72. The van der Waals surface area contributed by atoms with Crippen molar-refractivity contribution in [3.8, 4) is 11.5 Å². The van der Waals surface area contributed by atoms with E-state index in [9.17, 15) is 13.2 Å². The summed E-state index contributed by atoms with van der Waals surface area (Å²) in [6.45, 7) is 0.618. The van der Waals surface area contributed by atoms with E-state index >= 15 is 0 Å². The molecule has 0 spiro atoms. The second-order valence-corrected chi connectivity index (χ2v) is 9.04. The molecule has 1 aliphatic heterocycles. The first kappa shape index (κ1) is 20.4. The third-order valence-corrected chi connectivity index (χ3v) is 6.70. The van der Waals surface area contributed by atoms with E-state index in [4.69, 9.17) is 26.2 Å². The molecule has 9 heteroatoms. The summed E-state index contributed by atoms with van der Waals surface area (Å²) in [7, 11) is -3.71. The molecule has 1 fully saturated rings. The molecule has 2 aromatic rings. The van der Waals surface area contributed by atoms with Gasteiger partial charge >= 0.3 is 6.09 Å². The summed E-state index contributed by atoms with van der Waals surface area (Å²) in [6.07, 6.45) is -0.643. The molecule has 2 N–H and O–H groups in total. The van der Waals surface area contributed by atoms with Crippen LogP contribution >= 0.6 is 11.6 Å². The normalized spacial score (nSPS) is 16.3. The van der Waals surface area contributed by atoms with Gasteiger partial charge < -0.3 is 19.9 Å². The maximum absolute atomic E-state index is 12.9. The molecule has 0 saturated carbocycles. The van der Waals surface area contributed by atoms with Crippen LogP contribution in [0.15, 0.2) is 53.4 Å². The molecule has 3 rings (SSSR count). The zero-order chi connectivity index (χ0) is 20.2. The summed E-state index contributed by atoms with van der Waals surface area (Å²) in [5.41, 5.74) is -1.05. The molecule has 1 heterocycles. The Labute approximate surface area is 168 Å². The van der Waals surface area contributed by atoms with Gasteiger partial charge in [0.15, 0.2) is 9.84 Å². The van der Waals surface area contributed by atoms with Crippen LogP contribution in [-0.2, 0) is 14.6 Å². The molecule has 2 aromatic carbocycles. The summed E-state index contributed by atoms with van der Waals surface area (Å²) in [4.78, 5) is 11.3. The van der Waals surface area contributed by atoms with Gasteiger partial charge in [0.1, 0.15) is 11.5 Å². The smallest absolute Gasteiger partial charge is 0.405 e. The molecule has 0 aliphatic carbocycles. The van der Waals surface area contributed by atoms with Gasteiger partial charge in [0.05, 0.1) is 16.2 Å². The number of sulfone groups is 1. The van der Waals surface area contributed by atoms with Gasteiger partial charge in [-0.25, -0.2) is 13.2 Å². The fourth-order valence-electron chi connectivity index (χ4n) is 3.10. The summed E-state index contributed by atoms with van der Waals surface area (Å²) < 4.78 is 36.6. The molecule has 0 atom stereocenters. The maximum atomic E-state index is 12.9. The Balaban J connectivity index is 1.75. The molecule has 1 amide bonds. The first-order chi connectivity index (χ1) is 13.3. The van der Waals surface area contributed by atoms with Crippen LogP contribution in [0.4, 0.5) is 4.79 Å². The highest BCUT2D eigenvalue weighted by Gasteiger charge is 2.39. The molecule has 0 radical (unpaired) electrons. The lowest BCUT2D eigenvalue weighted by Crippen LogP contribution is -2.55. The van der Waals surface area contributed by atoms with E-state index in [1.807, 2.05) is 0 Å². The molecule has 0 aromatic heterocycles.